The number of carbonyl (C=O) groups is 1. The van der Waals surface area contributed by atoms with E-state index >= 15 is 0 Å². The number of nitrogens with one attached hydrogen (secondary N) is 1. The largest absolute Gasteiger partial charge is 0.349 e. The first-order valence-electron chi connectivity index (χ1n) is 9.45. The van der Waals surface area contributed by atoms with Gasteiger partial charge in [0.05, 0.1) is 5.56 Å². The molecular weight excluding hydrogens is 326 g/mol. The van der Waals surface area contributed by atoms with E-state index in [9.17, 15) is 9.59 Å². The molecule has 0 spiro atoms. The van der Waals surface area contributed by atoms with Gasteiger partial charge in [0.25, 0.3) is 11.5 Å². The average molecular weight is 351 g/mol. The molecule has 0 unspecified atom stereocenters. The third-order valence-corrected chi connectivity index (χ3v) is 5.66. The number of aryl methyl sites for hydroxylation is 2. The molecule has 4 rings (SSSR count). The highest BCUT2D eigenvalue weighted by molar-refractivity contribution is 6.17. The molecule has 5 nitrogen and oxygen atoms in total. The summed E-state index contributed by atoms with van der Waals surface area (Å²) in [6.45, 7) is 0. The molecule has 1 N–H and O–H groups in total. The summed E-state index contributed by atoms with van der Waals surface area (Å²) in [5.74, 6) is -0.0751. The van der Waals surface area contributed by atoms with Crippen LogP contribution in [0.1, 0.15) is 48.9 Å². The molecule has 3 aromatic rings. The average Bonchev–Trinajstić information content (AvgIpc) is 2.79. The summed E-state index contributed by atoms with van der Waals surface area (Å²) in [7, 11) is 3.60. The lowest BCUT2D eigenvalue weighted by Crippen LogP contribution is -2.35. The highest BCUT2D eigenvalue weighted by Crippen LogP contribution is 2.29. The zero-order valence-electron chi connectivity index (χ0n) is 15.4. The van der Waals surface area contributed by atoms with Crippen LogP contribution in [0.15, 0.2) is 35.3 Å². The first kappa shape index (κ1) is 16.9. The Labute approximate surface area is 152 Å². The van der Waals surface area contributed by atoms with Gasteiger partial charge in [0, 0.05) is 42.6 Å². The highest BCUT2D eigenvalue weighted by atomic mass is 16.2. The zero-order chi connectivity index (χ0) is 18.3. The number of rotatable bonds is 2. The maximum atomic E-state index is 13.1. The van der Waals surface area contributed by atoms with Gasteiger partial charge in [-0.3, -0.25) is 9.59 Å². The molecule has 1 amide bonds. The van der Waals surface area contributed by atoms with Crippen LogP contribution < -0.4 is 10.9 Å². The number of benzene rings is 1. The minimum Gasteiger partial charge on any atom is -0.349 e. The fourth-order valence-electron chi connectivity index (χ4n) is 4.26. The Hall–Kier alpha value is -2.56. The summed E-state index contributed by atoms with van der Waals surface area (Å²) < 4.78 is 3.42. The van der Waals surface area contributed by atoms with E-state index in [0.29, 0.717) is 11.1 Å². The van der Waals surface area contributed by atoms with Crippen molar-refractivity contribution in [1.82, 2.24) is 14.5 Å². The van der Waals surface area contributed by atoms with Gasteiger partial charge in [0.2, 0.25) is 0 Å². The van der Waals surface area contributed by atoms with Crippen molar-refractivity contribution in [1.29, 1.82) is 0 Å². The molecule has 1 aliphatic carbocycles. The van der Waals surface area contributed by atoms with Crippen molar-refractivity contribution in [3.05, 3.63) is 46.4 Å². The second-order valence-electron chi connectivity index (χ2n) is 7.42. The molecule has 0 bridgehead atoms. The number of nitrogens with zero attached hydrogens (tertiary/aromatic N) is 2. The van der Waals surface area contributed by atoms with E-state index in [4.69, 9.17) is 0 Å². The number of pyridine rings is 1. The fraction of sp³-hybridized carbons (Fsp3) is 0.429. The predicted molar refractivity (Wildman–Crippen MR) is 105 cm³/mol. The molecule has 1 saturated carbocycles. The highest BCUT2D eigenvalue weighted by Gasteiger charge is 2.22. The van der Waals surface area contributed by atoms with Gasteiger partial charge >= 0.3 is 0 Å². The van der Waals surface area contributed by atoms with Crippen LogP contribution >= 0.6 is 0 Å². The Balaban J connectivity index is 1.86. The first-order chi connectivity index (χ1) is 12.6. The van der Waals surface area contributed by atoms with Crippen molar-refractivity contribution in [2.45, 2.75) is 44.6 Å². The minimum atomic E-state index is -0.0790. The third-order valence-electron chi connectivity index (χ3n) is 5.66. The number of carbonyl (C=O) groups excluding carboxylic acids is 1. The van der Waals surface area contributed by atoms with Gasteiger partial charge in [-0.15, -0.1) is 0 Å². The van der Waals surface area contributed by atoms with Crippen LogP contribution in [0.3, 0.4) is 0 Å². The number of fused-ring (bicyclic) bond motifs is 3. The molecule has 0 radical (unpaired) electrons. The van der Waals surface area contributed by atoms with Crippen LogP contribution in [-0.4, -0.2) is 21.1 Å². The van der Waals surface area contributed by atoms with E-state index in [1.54, 1.807) is 13.2 Å². The lowest BCUT2D eigenvalue weighted by molar-refractivity contribution is 0.0934. The molecule has 0 saturated heterocycles. The maximum Gasteiger partial charge on any atom is 0.274 e. The number of hydrogen-bond acceptors (Lipinski definition) is 2. The Morgan fingerprint density at radius 2 is 1.77 bits per heavy atom. The summed E-state index contributed by atoms with van der Waals surface area (Å²) in [5.41, 5.74) is 2.06. The molecular formula is C21H25N3O2. The number of aromatic nitrogens is 2. The summed E-state index contributed by atoms with van der Waals surface area (Å²) in [6, 6.07) is 8.11. The Bertz CT molecular complexity index is 1040. The predicted octanol–water partition coefficient (Wildman–Crippen LogP) is 3.48. The van der Waals surface area contributed by atoms with Crippen molar-refractivity contribution < 1.29 is 4.79 Å². The summed E-state index contributed by atoms with van der Waals surface area (Å²) in [6.07, 6.45) is 8.60. The monoisotopic (exact) mass is 351 g/mol. The van der Waals surface area contributed by atoms with Crippen LogP contribution in [-0.2, 0) is 14.1 Å². The van der Waals surface area contributed by atoms with Crippen molar-refractivity contribution in [2.75, 3.05) is 0 Å². The SMILES string of the molecule is Cn1cc(C(=O)NC2CCCCCC2)c2c3ccccc3n(C)c2c1=O. The lowest BCUT2D eigenvalue weighted by atomic mass is 10.1. The van der Waals surface area contributed by atoms with E-state index in [1.165, 1.54) is 30.3 Å². The normalized spacial score (nSPS) is 16.1. The Morgan fingerprint density at radius 1 is 1.08 bits per heavy atom. The standard InChI is InChI=1S/C21H25N3O2/c1-23-13-16(20(25)22-14-9-5-3-4-6-10-14)18-15-11-7-8-12-17(15)24(2)19(18)21(23)26/h7-8,11-14H,3-6,9-10H2,1-2H3,(H,22,25). The summed E-state index contributed by atoms with van der Waals surface area (Å²) in [4.78, 5) is 25.9. The molecule has 136 valence electrons. The van der Waals surface area contributed by atoms with Crippen molar-refractivity contribution in [2.24, 2.45) is 14.1 Å². The van der Waals surface area contributed by atoms with Gasteiger partial charge in [-0.1, -0.05) is 43.9 Å². The molecule has 0 aliphatic heterocycles. The van der Waals surface area contributed by atoms with E-state index in [0.717, 1.165) is 29.1 Å². The molecule has 1 fully saturated rings. The Kier molecular flexibility index (Phi) is 4.31. The fourth-order valence-corrected chi connectivity index (χ4v) is 4.26. The Morgan fingerprint density at radius 3 is 2.50 bits per heavy atom. The van der Waals surface area contributed by atoms with Gasteiger partial charge in [-0.2, -0.15) is 0 Å². The lowest BCUT2D eigenvalue weighted by Gasteiger charge is -2.17. The van der Waals surface area contributed by atoms with Crippen LogP contribution in [0.2, 0.25) is 0 Å². The van der Waals surface area contributed by atoms with E-state index < -0.39 is 0 Å². The van der Waals surface area contributed by atoms with Gasteiger partial charge < -0.3 is 14.5 Å². The molecule has 1 aliphatic rings. The van der Waals surface area contributed by atoms with Crippen LogP contribution in [0.25, 0.3) is 21.8 Å². The molecule has 5 heteroatoms. The summed E-state index contributed by atoms with van der Waals surface area (Å²) >= 11 is 0. The second-order valence-corrected chi connectivity index (χ2v) is 7.42. The van der Waals surface area contributed by atoms with Gasteiger partial charge in [-0.25, -0.2) is 0 Å². The van der Waals surface area contributed by atoms with E-state index in [2.05, 4.69) is 5.32 Å². The quantitative estimate of drug-likeness (QED) is 0.719. The van der Waals surface area contributed by atoms with Gasteiger partial charge in [0.1, 0.15) is 5.52 Å². The van der Waals surface area contributed by atoms with Crippen molar-refractivity contribution in [3.63, 3.8) is 0 Å². The zero-order valence-corrected chi connectivity index (χ0v) is 15.4. The van der Waals surface area contributed by atoms with E-state index in [-0.39, 0.29) is 17.5 Å². The summed E-state index contributed by atoms with van der Waals surface area (Å²) in [5, 5.41) is 4.94. The number of amides is 1. The van der Waals surface area contributed by atoms with Crippen LogP contribution in [0.5, 0.6) is 0 Å². The molecule has 0 atom stereocenters. The number of para-hydroxylation sites is 1. The molecule has 1 aromatic carbocycles. The van der Waals surface area contributed by atoms with Crippen molar-refractivity contribution >= 4 is 27.7 Å². The van der Waals surface area contributed by atoms with Crippen LogP contribution in [0.4, 0.5) is 0 Å². The van der Waals surface area contributed by atoms with E-state index in [1.807, 2.05) is 35.9 Å². The smallest absolute Gasteiger partial charge is 0.274 e. The molecule has 2 heterocycles. The van der Waals surface area contributed by atoms with Gasteiger partial charge in [0.15, 0.2) is 0 Å². The third kappa shape index (κ3) is 2.71. The second kappa shape index (κ2) is 6.63. The number of hydrogen-bond donors (Lipinski definition) is 1. The molecule has 2 aromatic heterocycles. The minimum absolute atomic E-state index is 0.0751. The van der Waals surface area contributed by atoms with Crippen molar-refractivity contribution in [3.8, 4) is 0 Å². The first-order valence-corrected chi connectivity index (χ1v) is 9.45. The topological polar surface area (TPSA) is 56.0 Å². The van der Waals surface area contributed by atoms with Gasteiger partial charge in [-0.05, 0) is 18.9 Å². The van der Waals surface area contributed by atoms with Crippen LogP contribution in [0, 0.1) is 0 Å². The molecule has 26 heavy (non-hydrogen) atoms. The maximum absolute atomic E-state index is 13.1.